The molecule has 0 fully saturated rings. The van der Waals surface area contributed by atoms with Gasteiger partial charge < -0.3 is 9.97 Å². The minimum Gasteiger partial charge on any atom is -0.354 e. The number of hydrogen-bond donors (Lipinski definition) is 2. The lowest BCUT2D eigenvalue weighted by Crippen LogP contribution is -1.86. The Kier molecular flexibility index (Phi) is 3.37. The molecule has 0 spiro atoms. The van der Waals surface area contributed by atoms with Crippen LogP contribution >= 0.6 is 22.7 Å². The molecule has 0 aliphatic rings. The van der Waals surface area contributed by atoms with Gasteiger partial charge in [-0.05, 0) is 82.9 Å². The number of aryl methyl sites for hydroxylation is 2. The van der Waals surface area contributed by atoms with E-state index in [1.165, 1.54) is 64.8 Å². The molecule has 0 radical (unpaired) electrons. The normalized spacial score (nSPS) is 11.9. The van der Waals surface area contributed by atoms with E-state index in [9.17, 15) is 0 Å². The molecule has 6 aromatic rings. The Morgan fingerprint density at radius 2 is 1.14 bits per heavy atom. The molecule has 0 aliphatic carbocycles. The monoisotopic (exact) mass is 402 g/mol. The first-order valence-corrected chi connectivity index (χ1v) is 11.1. The van der Waals surface area contributed by atoms with E-state index in [0.717, 1.165) is 0 Å². The maximum atomic E-state index is 3.66. The molecule has 28 heavy (non-hydrogen) atoms. The van der Waals surface area contributed by atoms with Gasteiger partial charge in [-0.2, -0.15) is 0 Å². The van der Waals surface area contributed by atoms with Crippen molar-refractivity contribution in [3.8, 4) is 21.1 Å². The number of aromatic amines is 2. The summed E-state index contributed by atoms with van der Waals surface area (Å²) in [5.41, 5.74) is 7.52. The topological polar surface area (TPSA) is 31.6 Å². The third-order valence-electron chi connectivity index (χ3n) is 5.72. The van der Waals surface area contributed by atoms with Crippen LogP contribution in [0.15, 0.2) is 59.3 Å². The Balaban J connectivity index is 0.00000109. The van der Waals surface area contributed by atoms with Crippen molar-refractivity contribution < 1.29 is 2.85 Å². The van der Waals surface area contributed by atoms with Crippen LogP contribution in [0.3, 0.4) is 0 Å². The zero-order valence-electron chi connectivity index (χ0n) is 15.6. The van der Waals surface area contributed by atoms with Gasteiger partial charge in [0.05, 0.1) is 21.1 Å². The Labute approximate surface area is 173 Å². The quantitative estimate of drug-likeness (QED) is 0.291. The minimum atomic E-state index is 0. The van der Waals surface area contributed by atoms with Crippen molar-refractivity contribution in [3.05, 3.63) is 70.4 Å². The predicted octanol–water partition coefficient (Wildman–Crippen LogP) is 8.37. The van der Waals surface area contributed by atoms with Crippen LogP contribution in [0, 0.1) is 13.8 Å². The molecular weight excluding hydrogens is 380 g/mol. The molecule has 0 bridgehead atoms. The molecule has 0 saturated heterocycles. The van der Waals surface area contributed by atoms with Crippen molar-refractivity contribution in [2.24, 2.45) is 0 Å². The highest BCUT2D eigenvalue weighted by Crippen LogP contribution is 2.38. The molecule has 140 valence electrons. The summed E-state index contributed by atoms with van der Waals surface area (Å²) < 4.78 is 0. The van der Waals surface area contributed by atoms with Crippen LogP contribution in [0.5, 0.6) is 0 Å². The molecule has 0 unspecified atom stereocenters. The van der Waals surface area contributed by atoms with E-state index in [1.54, 1.807) is 22.7 Å². The molecule has 0 saturated carbocycles. The zero-order chi connectivity index (χ0) is 18.8. The summed E-state index contributed by atoms with van der Waals surface area (Å²) in [5.74, 6) is 0. The highest BCUT2D eigenvalue weighted by Gasteiger charge is 2.14. The summed E-state index contributed by atoms with van der Waals surface area (Å²) in [5, 5.41) is 9.47. The number of benzene rings is 2. The Hall–Kier alpha value is -2.82. The number of hydrogen-bond acceptors (Lipinski definition) is 2. The van der Waals surface area contributed by atoms with Crippen LogP contribution < -0.4 is 0 Å². The smallest absolute Gasteiger partial charge is 0.0566 e. The van der Waals surface area contributed by atoms with E-state index in [2.05, 4.69) is 83.1 Å². The lowest BCUT2D eigenvalue weighted by Gasteiger charge is -2.08. The molecule has 2 nitrogen and oxygen atoms in total. The Morgan fingerprint density at radius 1 is 0.679 bits per heavy atom. The highest BCUT2D eigenvalue weighted by molar-refractivity contribution is 7.13. The lowest BCUT2D eigenvalue weighted by molar-refractivity contribution is 1.43. The molecular formula is C24H22N2S2. The number of thiophene rings is 2. The van der Waals surface area contributed by atoms with E-state index in [1.807, 2.05) is 0 Å². The maximum Gasteiger partial charge on any atom is 0.0566 e. The van der Waals surface area contributed by atoms with Gasteiger partial charge >= 0.3 is 0 Å². The molecule has 4 heterocycles. The number of aromatic nitrogens is 2. The van der Waals surface area contributed by atoms with Gasteiger partial charge in [0.15, 0.2) is 0 Å². The van der Waals surface area contributed by atoms with Crippen LogP contribution in [0.4, 0.5) is 0 Å². The van der Waals surface area contributed by atoms with Crippen LogP contribution in [0.2, 0.25) is 0 Å². The molecule has 0 aliphatic heterocycles. The molecule has 4 aromatic heterocycles. The standard InChI is InChI=1S/C24H18N2S2.2H2/c1-13-17-9-16-12-20(22-6-4-8-28-22)26-24(16)14(2)18(17)10-15-11-19(25-23(13)15)21-5-3-7-27-21;;/h3-12,25-26H,1-2H3;2*1H. The fraction of sp³-hybridized carbons (Fsp3) is 0.0833. The van der Waals surface area contributed by atoms with Gasteiger partial charge in [-0.25, -0.2) is 0 Å². The summed E-state index contributed by atoms with van der Waals surface area (Å²) >= 11 is 3.55. The first-order valence-electron chi connectivity index (χ1n) is 9.35. The van der Waals surface area contributed by atoms with Crippen molar-refractivity contribution in [1.29, 1.82) is 0 Å². The second-order valence-corrected chi connectivity index (χ2v) is 9.24. The van der Waals surface area contributed by atoms with Gasteiger partial charge in [-0.1, -0.05) is 12.1 Å². The third-order valence-corrected chi connectivity index (χ3v) is 7.52. The van der Waals surface area contributed by atoms with Gasteiger partial charge in [-0.3, -0.25) is 0 Å². The fourth-order valence-corrected chi connectivity index (χ4v) is 5.67. The second kappa shape index (κ2) is 5.84. The molecule has 0 amide bonds. The zero-order valence-corrected chi connectivity index (χ0v) is 17.2. The van der Waals surface area contributed by atoms with Gasteiger partial charge in [0.25, 0.3) is 0 Å². The van der Waals surface area contributed by atoms with Crippen molar-refractivity contribution in [3.63, 3.8) is 0 Å². The van der Waals surface area contributed by atoms with Crippen LogP contribution in [0.25, 0.3) is 53.7 Å². The summed E-state index contributed by atoms with van der Waals surface area (Å²) in [7, 11) is 0. The summed E-state index contributed by atoms with van der Waals surface area (Å²) in [6, 6.07) is 17.8. The average Bonchev–Trinajstić information content (AvgIpc) is 3.47. The minimum absolute atomic E-state index is 0. The van der Waals surface area contributed by atoms with Gasteiger partial charge in [0.2, 0.25) is 0 Å². The van der Waals surface area contributed by atoms with Gasteiger partial charge in [0.1, 0.15) is 0 Å². The van der Waals surface area contributed by atoms with Crippen molar-refractivity contribution in [1.82, 2.24) is 9.97 Å². The van der Waals surface area contributed by atoms with Gasteiger partial charge in [0, 0.05) is 24.7 Å². The van der Waals surface area contributed by atoms with Crippen molar-refractivity contribution in [2.45, 2.75) is 13.8 Å². The summed E-state index contributed by atoms with van der Waals surface area (Å²) in [4.78, 5) is 9.88. The second-order valence-electron chi connectivity index (χ2n) is 7.35. The van der Waals surface area contributed by atoms with E-state index in [-0.39, 0.29) is 2.85 Å². The highest BCUT2D eigenvalue weighted by atomic mass is 32.1. The Morgan fingerprint density at radius 3 is 1.54 bits per heavy atom. The largest absolute Gasteiger partial charge is 0.354 e. The van der Waals surface area contributed by atoms with E-state index >= 15 is 0 Å². The maximum absolute atomic E-state index is 3.66. The van der Waals surface area contributed by atoms with Crippen molar-refractivity contribution >= 4 is 55.3 Å². The van der Waals surface area contributed by atoms with Crippen LogP contribution in [0.1, 0.15) is 14.0 Å². The first-order chi connectivity index (χ1) is 13.7. The average molecular weight is 403 g/mol. The van der Waals surface area contributed by atoms with Crippen LogP contribution in [-0.2, 0) is 0 Å². The molecule has 2 aromatic carbocycles. The number of nitrogens with one attached hydrogen (secondary N) is 2. The predicted molar refractivity (Wildman–Crippen MR) is 128 cm³/mol. The molecule has 0 atom stereocenters. The van der Waals surface area contributed by atoms with E-state index < -0.39 is 0 Å². The van der Waals surface area contributed by atoms with E-state index in [4.69, 9.17) is 0 Å². The lowest BCUT2D eigenvalue weighted by atomic mass is 9.97. The summed E-state index contributed by atoms with van der Waals surface area (Å²) in [6.07, 6.45) is 0. The van der Waals surface area contributed by atoms with Crippen molar-refractivity contribution in [2.75, 3.05) is 0 Å². The number of fused-ring (bicyclic) bond motifs is 3. The molecule has 2 N–H and O–H groups in total. The molecule has 4 heteroatoms. The third kappa shape index (κ3) is 2.25. The Bertz CT molecular complexity index is 1360. The van der Waals surface area contributed by atoms with Gasteiger partial charge in [-0.15, -0.1) is 22.7 Å². The van der Waals surface area contributed by atoms with Crippen LogP contribution in [-0.4, -0.2) is 9.97 Å². The summed E-state index contributed by atoms with van der Waals surface area (Å²) in [6.45, 7) is 4.47. The molecule has 6 rings (SSSR count). The fourth-order valence-electron chi connectivity index (χ4n) is 4.27. The first kappa shape index (κ1) is 16.2. The SMILES string of the molecule is Cc1c2cc3cc(-c4cccs4)[nH]c3c(C)c2cc2cc(-c3cccs3)[nH]c12.[HH].[HH]. The number of H-pyrrole nitrogens is 2. The van der Waals surface area contributed by atoms with E-state index in [0.29, 0.717) is 0 Å². The number of rotatable bonds is 2.